The second-order valence-corrected chi connectivity index (χ2v) is 7.84. The molecule has 0 saturated carbocycles. The average Bonchev–Trinajstić information content (AvgIpc) is 2.73. The Labute approximate surface area is 179 Å². The summed E-state index contributed by atoms with van der Waals surface area (Å²) in [6.07, 6.45) is 0. The summed E-state index contributed by atoms with van der Waals surface area (Å²) in [5, 5.41) is 1.50. The number of H-pyrrole nitrogens is 1. The number of nitrogens with zero attached hydrogens (tertiary/aromatic N) is 1. The molecule has 0 saturated heterocycles. The number of hydrogen-bond acceptors (Lipinski definition) is 2. The molecule has 5 heteroatoms. The lowest BCUT2D eigenvalue weighted by Gasteiger charge is -2.25. The van der Waals surface area contributed by atoms with E-state index in [-0.39, 0.29) is 18.0 Å². The predicted molar refractivity (Wildman–Crippen MR) is 122 cm³/mol. The van der Waals surface area contributed by atoms with Crippen molar-refractivity contribution >= 4 is 34.1 Å². The number of carbonyl (C=O) groups excluding carboxylic acids is 1. The molecule has 4 aromatic rings. The van der Waals surface area contributed by atoms with Gasteiger partial charge in [0, 0.05) is 27.4 Å². The Morgan fingerprint density at radius 3 is 2.43 bits per heavy atom. The molecule has 4 rings (SSSR count). The number of fused-ring (bicyclic) bond motifs is 1. The van der Waals surface area contributed by atoms with Crippen LogP contribution in [0.1, 0.15) is 27.0 Å². The number of amides is 1. The van der Waals surface area contributed by atoms with Crippen LogP contribution >= 0.6 is 11.6 Å². The van der Waals surface area contributed by atoms with E-state index >= 15 is 0 Å². The molecule has 30 heavy (non-hydrogen) atoms. The van der Waals surface area contributed by atoms with Crippen molar-refractivity contribution in [2.75, 3.05) is 4.90 Å². The van der Waals surface area contributed by atoms with Crippen LogP contribution in [0.4, 0.5) is 5.69 Å². The minimum absolute atomic E-state index is 0.158. The first-order valence-corrected chi connectivity index (χ1v) is 10.1. The Kier molecular flexibility index (Phi) is 5.42. The number of carbonyl (C=O) groups is 1. The number of aryl methyl sites for hydroxylation is 2. The van der Waals surface area contributed by atoms with Crippen LogP contribution in [0.15, 0.2) is 77.6 Å². The van der Waals surface area contributed by atoms with Gasteiger partial charge in [-0.25, -0.2) is 0 Å². The average molecular weight is 417 g/mol. The predicted octanol–water partition coefficient (Wildman–Crippen LogP) is 5.65. The van der Waals surface area contributed by atoms with Crippen molar-refractivity contribution in [3.8, 4) is 0 Å². The number of pyridine rings is 1. The van der Waals surface area contributed by atoms with Gasteiger partial charge in [0.15, 0.2) is 0 Å². The molecule has 3 aromatic carbocycles. The first kappa shape index (κ1) is 19.9. The molecule has 0 radical (unpaired) electrons. The summed E-state index contributed by atoms with van der Waals surface area (Å²) >= 11 is 5.99. The minimum Gasteiger partial charge on any atom is -0.322 e. The number of rotatable bonds is 4. The van der Waals surface area contributed by atoms with E-state index in [4.69, 9.17) is 11.6 Å². The maximum absolute atomic E-state index is 13.4. The second kappa shape index (κ2) is 8.17. The number of halogens is 1. The molecule has 1 heterocycles. The van der Waals surface area contributed by atoms with E-state index in [1.54, 1.807) is 29.2 Å². The number of hydrogen-bond donors (Lipinski definition) is 1. The van der Waals surface area contributed by atoms with Gasteiger partial charge in [-0.3, -0.25) is 9.59 Å². The molecule has 0 bridgehead atoms. The van der Waals surface area contributed by atoms with E-state index in [0.717, 1.165) is 27.7 Å². The maximum Gasteiger partial charge on any atom is 0.258 e. The first-order valence-electron chi connectivity index (χ1n) is 9.68. The summed E-state index contributed by atoms with van der Waals surface area (Å²) in [4.78, 5) is 30.8. The molecule has 0 unspecified atom stereocenters. The van der Waals surface area contributed by atoms with Crippen molar-refractivity contribution < 1.29 is 4.79 Å². The summed E-state index contributed by atoms with van der Waals surface area (Å²) in [6, 6.07) is 22.2. The van der Waals surface area contributed by atoms with E-state index in [1.165, 1.54) is 0 Å². The van der Waals surface area contributed by atoms with Gasteiger partial charge in [0.2, 0.25) is 0 Å². The van der Waals surface area contributed by atoms with Crippen molar-refractivity contribution in [2.24, 2.45) is 0 Å². The molecular formula is C25H21ClN2O2. The van der Waals surface area contributed by atoms with Gasteiger partial charge in [-0.05, 0) is 73.3 Å². The third-order valence-corrected chi connectivity index (χ3v) is 5.40. The molecule has 0 spiro atoms. The van der Waals surface area contributed by atoms with Crippen molar-refractivity contribution in [1.29, 1.82) is 0 Å². The summed E-state index contributed by atoms with van der Waals surface area (Å²) in [7, 11) is 0. The number of nitrogens with one attached hydrogen (secondary N) is 1. The molecule has 4 nitrogen and oxygen atoms in total. The van der Waals surface area contributed by atoms with E-state index in [1.807, 2.05) is 62.4 Å². The van der Waals surface area contributed by atoms with E-state index in [2.05, 4.69) is 4.98 Å². The zero-order valence-electron chi connectivity index (χ0n) is 16.8. The lowest BCUT2D eigenvalue weighted by molar-refractivity contribution is 0.0985. The lowest BCUT2D eigenvalue weighted by atomic mass is 10.1. The summed E-state index contributed by atoms with van der Waals surface area (Å²) < 4.78 is 0. The number of aromatic nitrogens is 1. The van der Waals surface area contributed by atoms with Gasteiger partial charge < -0.3 is 9.88 Å². The van der Waals surface area contributed by atoms with Crippen LogP contribution in [0, 0.1) is 13.8 Å². The minimum atomic E-state index is -0.200. The third kappa shape index (κ3) is 4.00. The molecule has 0 aliphatic rings. The highest BCUT2D eigenvalue weighted by molar-refractivity contribution is 6.30. The van der Waals surface area contributed by atoms with Crippen LogP contribution < -0.4 is 10.5 Å². The fraction of sp³-hybridized carbons (Fsp3) is 0.120. The van der Waals surface area contributed by atoms with Crippen LogP contribution in [0.2, 0.25) is 5.02 Å². The van der Waals surface area contributed by atoms with Crippen LogP contribution in [-0.2, 0) is 6.54 Å². The Morgan fingerprint density at radius 1 is 0.967 bits per heavy atom. The maximum atomic E-state index is 13.4. The van der Waals surface area contributed by atoms with Gasteiger partial charge >= 0.3 is 0 Å². The van der Waals surface area contributed by atoms with Crippen LogP contribution in [0.3, 0.4) is 0 Å². The van der Waals surface area contributed by atoms with Crippen molar-refractivity contribution in [1.82, 2.24) is 4.98 Å². The van der Waals surface area contributed by atoms with Gasteiger partial charge in [-0.15, -0.1) is 0 Å². The molecule has 150 valence electrons. The lowest BCUT2D eigenvalue weighted by Crippen LogP contribution is -2.33. The van der Waals surface area contributed by atoms with Crippen molar-refractivity contribution in [3.05, 3.63) is 110 Å². The summed E-state index contributed by atoms with van der Waals surface area (Å²) in [5.74, 6) is -0.190. The van der Waals surface area contributed by atoms with Crippen LogP contribution in [-0.4, -0.2) is 10.9 Å². The monoisotopic (exact) mass is 416 g/mol. The highest BCUT2D eigenvalue weighted by Crippen LogP contribution is 2.25. The standard InChI is InChI=1S/C25H21ClN2O2/c1-16-7-12-22-19(13-16)14-20(24(29)27-22)15-28(23-6-4-3-5-17(23)2)25(30)18-8-10-21(26)11-9-18/h3-14H,15H2,1-2H3,(H,27,29). The zero-order chi connectivity index (χ0) is 21.3. The van der Waals surface area contributed by atoms with E-state index in [9.17, 15) is 9.59 Å². The highest BCUT2D eigenvalue weighted by Gasteiger charge is 2.21. The smallest absolute Gasteiger partial charge is 0.258 e. The molecule has 0 aliphatic heterocycles. The van der Waals surface area contributed by atoms with Gasteiger partial charge in [0.05, 0.1) is 6.54 Å². The van der Waals surface area contributed by atoms with Crippen LogP contribution in [0.25, 0.3) is 10.9 Å². The molecule has 0 aliphatic carbocycles. The fourth-order valence-electron chi connectivity index (χ4n) is 3.54. The van der Waals surface area contributed by atoms with E-state index < -0.39 is 0 Å². The molecule has 0 atom stereocenters. The van der Waals surface area contributed by atoms with Gasteiger partial charge in [-0.2, -0.15) is 0 Å². The molecule has 1 N–H and O–H groups in total. The molecular weight excluding hydrogens is 396 g/mol. The van der Waals surface area contributed by atoms with Gasteiger partial charge in [0.1, 0.15) is 0 Å². The topological polar surface area (TPSA) is 53.2 Å². The van der Waals surface area contributed by atoms with Crippen molar-refractivity contribution in [3.63, 3.8) is 0 Å². The van der Waals surface area contributed by atoms with E-state index in [0.29, 0.717) is 16.1 Å². The Bertz CT molecular complexity index is 1290. The van der Waals surface area contributed by atoms with Gasteiger partial charge in [-0.1, -0.05) is 41.4 Å². The number of para-hydroxylation sites is 1. The highest BCUT2D eigenvalue weighted by atomic mass is 35.5. The third-order valence-electron chi connectivity index (χ3n) is 5.15. The molecule has 0 fully saturated rings. The quantitative estimate of drug-likeness (QED) is 0.467. The molecule has 1 aromatic heterocycles. The van der Waals surface area contributed by atoms with Gasteiger partial charge in [0.25, 0.3) is 11.5 Å². The Balaban J connectivity index is 1.80. The molecule has 1 amide bonds. The SMILES string of the molecule is Cc1ccc2[nH]c(=O)c(CN(C(=O)c3ccc(Cl)cc3)c3ccccc3C)cc2c1. The Hall–Kier alpha value is -3.37. The first-order chi connectivity index (χ1) is 14.4. The summed E-state index contributed by atoms with van der Waals surface area (Å²) in [6.45, 7) is 4.12. The summed E-state index contributed by atoms with van der Waals surface area (Å²) in [5.41, 5.74) is 4.44. The van der Waals surface area contributed by atoms with Crippen molar-refractivity contribution in [2.45, 2.75) is 20.4 Å². The fourth-order valence-corrected chi connectivity index (χ4v) is 3.67. The van der Waals surface area contributed by atoms with Crippen LogP contribution in [0.5, 0.6) is 0 Å². The zero-order valence-corrected chi connectivity index (χ0v) is 17.5. The second-order valence-electron chi connectivity index (χ2n) is 7.40. The normalized spacial score (nSPS) is 10.9. The number of benzene rings is 3. The Morgan fingerprint density at radius 2 is 1.70 bits per heavy atom. The number of anilines is 1. The largest absolute Gasteiger partial charge is 0.322 e. The number of aromatic amines is 1.